The maximum Gasteiger partial charge on any atom is 0.247 e. The highest BCUT2D eigenvalue weighted by atomic mass is 19.1. The van der Waals surface area contributed by atoms with E-state index in [1.54, 1.807) is 37.3 Å². The third-order valence-electron chi connectivity index (χ3n) is 4.64. The number of amides is 1. The van der Waals surface area contributed by atoms with Crippen molar-refractivity contribution in [3.05, 3.63) is 65.5 Å². The van der Waals surface area contributed by atoms with E-state index in [-0.39, 0.29) is 17.8 Å². The van der Waals surface area contributed by atoms with Gasteiger partial charge >= 0.3 is 0 Å². The number of benzene rings is 2. The summed E-state index contributed by atoms with van der Waals surface area (Å²) in [5.74, 6) is 0.972. The van der Waals surface area contributed by atoms with Crippen LogP contribution in [-0.2, 0) is 4.79 Å². The summed E-state index contributed by atoms with van der Waals surface area (Å²) in [7, 11) is 3.23. The highest BCUT2D eigenvalue weighted by molar-refractivity contribution is 5.92. The van der Waals surface area contributed by atoms with Gasteiger partial charge in [-0.2, -0.15) is 0 Å². The summed E-state index contributed by atoms with van der Waals surface area (Å²) in [4.78, 5) is 14.5. The molecule has 0 saturated carbocycles. The van der Waals surface area contributed by atoms with Gasteiger partial charge in [-0.05, 0) is 43.2 Å². The molecule has 2 aromatic rings. The van der Waals surface area contributed by atoms with Crippen molar-refractivity contribution in [2.24, 2.45) is 0 Å². The molecule has 5 heteroatoms. The molecule has 4 nitrogen and oxygen atoms in total. The van der Waals surface area contributed by atoms with Crippen LogP contribution in [0.1, 0.15) is 30.0 Å². The van der Waals surface area contributed by atoms with Crippen molar-refractivity contribution < 1.29 is 18.7 Å². The zero-order valence-corrected chi connectivity index (χ0v) is 14.9. The van der Waals surface area contributed by atoms with E-state index in [1.165, 1.54) is 18.2 Å². The molecular formula is C21H22FNO3. The first kappa shape index (κ1) is 18.0. The third kappa shape index (κ3) is 3.72. The molecule has 136 valence electrons. The van der Waals surface area contributed by atoms with Crippen LogP contribution in [0.2, 0.25) is 0 Å². The molecule has 1 aliphatic heterocycles. The van der Waals surface area contributed by atoms with Crippen molar-refractivity contribution in [1.29, 1.82) is 0 Å². The van der Waals surface area contributed by atoms with Gasteiger partial charge in [0.1, 0.15) is 17.3 Å². The zero-order chi connectivity index (χ0) is 18.5. The number of hydrogen-bond donors (Lipinski definition) is 0. The lowest BCUT2D eigenvalue weighted by Gasteiger charge is -2.25. The quantitative estimate of drug-likeness (QED) is 0.754. The van der Waals surface area contributed by atoms with Gasteiger partial charge in [0, 0.05) is 23.7 Å². The normalized spacial score (nSPS) is 16.9. The Hall–Kier alpha value is -2.82. The second kappa shape index (κ2) is 8.04. The van der Waals surface area contributed by atoms with E-state index in [0.717, 1.165) is 29.9 Å². The van der Waals surface area contributed by atoms with E-state index in [1.807, 2.05) is 18.2 Å². The summed E-state index contributed by atoms with van der Waals surface area (Å²) in [5, 5.41) is 0. The van der Waals surface area contributed by atoms with E-state index in [4.69, 9.17) is 9.47 Å². The topological polar surface area (TPSA) is 38.8 Å². The average Bonchev–Trinajstić information content (AvgIpc) is 3.16. The van der Waals surface area contributed by atoms with Gasteiger partial charge in [-0.25, -0.2) is 4.39 Å². The van der Waals surface area contributed by atoms with Crippen LogP contribution >= 0.6 is 0 Å². The molecule has 1 heterocycles. The first-order valence-electron chi connectivity index (χ1n) is 8.59. The fourth-order valence-electron chi connectivity index (χ4n) is 3.32. The van der Waals surface area contributed by atoms with Crippen LogP contribution in [0.3, 0.4) is 0 Å². The van der Waals surface area contributed by atoms with Crippen molar-refractivity contribution >= 4 is 12.0 Å². The highest BCUT2D eigenvalue weighted by Gasteiger charge is 2.31. The predicted octanol–water partition coefficient (Wildman–Crippen LogP) is 4.22. The van der Waals surface area contributed by atoms with E-state index < -0.39 is 0 Å². The monoisotopic (exact) mass is 355 g/mol. The fraction of sp³-hybridized carbons (Fsp3) is 0.286. The van der Waals surface area contributed by atoms with Crippen molar-refractivity contribution in [3.8, 4) is 11.5 Å². The van der Waals surface area contributed by atoms with Gasteiger partial charge in [-0.1, -0.05) is 18.2 Å². The molecule has 0 spiro atoms. The molecule has 1 atom stereocenters. The molecule has 0 aliphatic carbocycles. The summed E-state index contributed by atoms with van der Waals surface area (Å²) >= 11 is 0. The Balaban J connectivity index is 1.84. The van der Waals surface area contributed by atoms with Gasteiger partial charge in [0.05, 0.1) is 20.3 Å². The minimum absolute atomic E-state index is 0.0854. The Bertz CT molecular complexity index is 819. The lowest BCUT2D eigenvalue weighted by molar-refractivity contribution is -0.126. The lowest BCUT2D eigenvalue weighted by atomic mass is 10.0. The Kier molecular flexibility index (Phi) is 5.56. The molecule has 1 amide bonds. The van der Waals surface area contributed by atoms with Gasteiger partial charge < -0.3 is 14.4 Å². The second-order valence-electron chi connectivity index (χ2n) is 6.15. The molecule has 2 aromatic carbocycles. The molecule has 26 heavy (non-hydrogen) atoms. The number of hydrogen-bond acceptors (Lipinski definition) is 3. The van der Waals surface area contributed by atoms with E-state index >= 15 is 0 Å². The van der Waals surface area contributed by atoms with Gasteiger partial charge in [-0.3, -0.25) is 4.79 Å². The first-order chi connectivity index (χ1) is 12.6. The molecule has 1 fully saturated rings. The smallest absolute Gasteiger partial charge is 0.247 e. The van der Waals surface area contributed by atoms with Crippen LogP contribution in [0, 0.1) is 5.82 Å². The van der Waals surface area contributed by atoms with Gasteiger partial charge in [0.2, 0.25) is 5.91 Å². The summed E-state index contributed by atoms with van der Waals surface area (Å²) < 4.78 is 24.5. The molecule has 0 radical (unpaired) electrons. The molecule has 0 aromatic heterocycles. The number of carbonyl (C=O) groups excluding carboxylic acids is 1. The predicted molar refractivity (Wildman–Crippen MR) is 98.7 cm³/mol. The maximum atomic E-state index is 13.7. The molecular weight excluding hydrogens is 333 g/mol. The Morgan fingerprint density at radius 2 is 2.00 bits per heavy atom. The number of methoxy groups -OCH3 is 2. The van der Waals surface area contributed by atoms with Gasteiger partial charge in [0.15, 0.2) is 0 Å². The number of ether oxygens (including phenoxy) is 2. The number of rotatable bonds is 5. The molecule has 0 bridgehead atoms. The first-order valence-corrected chi connectivity index (χ1v) is 8.59. The van der Waals surface area contributed by atoms with Crippen LogP contribution in [0.15, 0.2) is 48.5 Å². The van der Waals surface area contributed by atoms with Crippen LogP contribution in [0.4, 0.5) is 4.39 Å². The molecule has 1 saturated heterocycles. The highest BCUT2D eigenvalue weighted by Crippen LogP contribution is 2.39. The van der Waals surface area contributed by atoms with Crippen molar-refractivity contribution in [1.82, 2.24) is 4.90 Å². The SMILES string of the molecule is COc1ccc(OC)c(C2CCCN2C(=O)/C=C/c2ccccc2F)c1. The molecule has 0 N–H and O–H groups in total. The standard InChI is InChI=1S/C21H22FNO3/c1-25-16-10-11-20(26-2)17(14-16)19-8-5-13-23(19)21(24)12-9-15-6-3-4-7-18(15)22/h3-4,6-7,9-12,14,19H,5,8,13H2,1-2H3/b12-9+. The van der Waals surface area contributed by atoms with Crippen LogP contribution < -0.4 is 9.47 Å². The second-order valence-corrected chi connectivity index (χ2v) is 6.15. The summed E-state index contributed by atoms with van der Waals surface area (Å²) in [6.07, 6.45) is 4.71. The van der Waals surface area contributed by atoms with Crippen molar-refractivity contribution in [2.45, 2.75) is 18.9 Å². The van der Waals surface area contributed by atoms with Crippen LogP contribution in [0.25, 0.3) is 6.08 Å². The van der Waals surface area contributed by atoms with Crippen molar-refractivity contribution in [2.75, 3.05) is 20.8 Å². The number of halogens is 1. The zero-order valence-electron chi connectivity index (χ0n) is 14.9. The molecule has 3 rings (SSSR count). The maximum absolute atomic E-state index is 13.7. The van der Waals surface area contributed by atoms with Gasteiger partial charge in [-0.15, -0.1) is 0 Å². The van der Waals surface area contributed by atoms with Crippen LogP contribution in [-0.4, -0.2) is 31.6 Å². The fourth-order valence-corrected chi connectivity index (χ4v) is 3.32. The lowest BCUT2D eigenvalue weighted by Crippen LogP contribution is -2.29. The summed E-state index contributed by atoms with van der Waals surface area (Å²) in [6, 6.07) is 11.9. The van der Waals surface area contributed by atoms with Crippen molar-refractivity contribution in [3.63, 3.8) is 0 Å². The van der Waals surface area contributed by atoms with E-state index in [2.05, 4.69) is 0 Å². The molecule has 1 unspecified atom stereocenters. The van der Waals surface area contributed by atoms with E-state index in [9.17, 15) is 9.18 Å². The Labute approximate surface area is 152 Å². The Morgan fingerprint density at radius 1 is 1.19 bits per heavy atom. The molecule has 1 aliphatic rings. The average molecular weight is 355 g/mol. The van der Waals surface area contributed by atoms with Gasteiger partial charge in [0.25, 0.3) is 0 Å². The number of likely N-dealkylation sites (tertiary alicyclic amines) is 1. The minimum Gasteiger partial charge on any atom is -0.497 e. The number of carbonyl (C=O) groups is 1. The summed E-state index contributed by atoms with van der Waals surface area (Å²) in [5.41, 5.74) is 1.33. The number of nitrogens with zero attached hydrogens (tertiary/aromatic N) is 1. The third-order valence-corrected chi connectivity index (χ3v) is 4.64. The van der Waals surface area contributed by atoms with Crippen LogP contribution in [0.5, 0.6) is 11.5 Å². The summed E-state index contributed by atoms with van der Waals surface area (Å²) in [6.45, 7) is 0.658. The Morgan fingerprint density at radius 3 is 2.73 bits per heavy atom. The minimum atomic E-state index is -0.344. The largest absolute Gasteiger partial charge is 0.497 e. The van der Waals surface area contributed by atoms with E-state index in [0.29, 0.717) is 12.1 Å².